The van der Waals surface area contributed by atoms with Crippen molar-refractivity contribution in [2.24, 2.45) is 0 Å². The maximum Gasteiger partial charge on any atom is 0.227 e. The molecule has 0 unspecified atom stereocenters. The molecule has 32 heavy (non-hydrogen) atoms. The van der Waals surface area contributed by atoms with Crippen LogP contribution in [0.1, 0.15) is 10.7 Å². The highest BCUT2D eigenvalue weighted by Gasteiger charge is 2.20. The number of hydrogen-bond donors (Lipinski definition) is 1. The predicted octanol–water partition coefficient (Wildman–Crippen LogP) is 6.13. The number of nitrogens with zero attached hydrogens (tertiary/aromatic N) is 5. The monoisotopic (exact) mass is 456 g/mol. The molecule has 0 bridgehead atoms. The van der Waals surface area contributed by atoms with Gasteiger partial charge in [0.25, 0.3) is 0 Å². The molecule has 0 amide bonds. The van der Waals surface area contributed by atoms with E-state index >= 15 is 0 Å². The van der Waals surface area contributed by atoms with E-state index in [1.807, 2.05) is 70.9 Å². The van der Waals surface area contributed by atoms with Gasteiger partial charge < -0.3 is 5.32 Å². The zero-order chi connectivity index (χ0) is 21.8. The van der Waals surface area contributed by atoms with Crippen molar-refractivity contribution in [2.75, 3.05) is 5.32 Å². The Morgan fingerprint density at radius 3 is 2.47 bits per heavy atom. The lowest BCUT2D eigenvalue weighted by Gasteiger charge is -2.08. The Hall–Kier alpha value is -3.49. The molecule has 8 heteroatoms. The molecule has 0 aliphatic rings. The van der Waals surface area contributed by atoms with Crippen LogP contribution in [0.25, 0.3) is 16.9 Å². The maximum absolute atomic E-state index is 4.95. The van der Waals surface area contributed by atoms with Crippen molar-refractivity contribution in [3.63, 3.8) is 0 Å². The Morgan fingerprint density at radius 1 is 0.938 bits per heavy atom. The summed E-state index contributed by atoms with van der Waals surface area (Å²) in [6.07, 6.45) is 3.61. The highest BCUT2D eigenvalue weighted by molar-refractivity contribution is 7.98. The second-order valence-electron chi connectivity index (χ2n) is 6.98. The number of anilines is 2. The van der Waals surface area contributed by atoms with Crippen molar-refractivity contribution in [3.8, 4) is 16.9 Å². The van der Waals surface area contributed by atoms with Gasteiger partial charge in [0.05, 0.1) is 28.4 Å². The molecule has 5 rings (SSSR count). The fourth-order valence-electron chi connectivity index (χ4n) is 3.36. The minimum Gasteiger partial charge on any atom is -0.324 e. The molecule has 0 radical (unpaired) electrons. The van der Waals surface area contributed by atoms with Crippen molar-refractivity contribution in [1.82, 2.24) is 24.7 Å². The highest BCUT2D eigenvalue weighted by Crippen LogP contribution is 2.36. The second kappa shape index (κ2) is 9.33. The van der Waals surface area contributed by atoms with Crippen LogP contribution in [-0.2, 0) is 5.75 Å². The van der Waals surface area contributed by atoms with Crippen LogP contribution in [0.4, 0.5) is 11.6 Å². The van der Waals surface area contributed by atoms with Gasteiger partial charge in [0.2, 0.25) is 5.95 Å². The molecule has 6 nitrogen and oxygen atoms in total. The normalized spacial score (nSPS) is 10.9. The van der Waals surface area contributed by atoms with Gasteiger partial charge in [-0.05, 0) is 37.3 Å². The fourth-order valence-corrected chi connectivity index (χ4v) is 5.08. The van der Waals surface area contributed by atoms with E-state index < -0.39 is 0 Å². The summed E-state index contributed by atoms with van der Waals surface area (Å²) in [7, 11) is 0. The molecule has 0 saturated heterocycles. The summed E-state index contributed by atoms with van der Waals surface area (Å²) < 4.78 is 1.98. The molecule has 0 atom stereocenters. The molecule has 0 saturated carbocycles. The van der Waals surface area contributed by atoms with Gasteiger partial charge in [-0.2, -0.15) is 5.10 Å². The summed E-state index contributed by atoms with van der Waals surface area (Å²) in [6, 6.07) is 22.0. The molecule has 0 aliphatic heterocycles. The number of para-hydroxylation sites is 2. The Bertz CT molecular complexity index is 1300. The van der Waals surface area contributed by atoms with Gasteiger partial charge in [0.1, 0.15) is 10.0 Å². The van der Waals surface area contributed by atoms with Crippen molar-refractivity contribution < 1.29 is 0 Å². The number of nitrogens with one attached hydrogen (secondary N) is 1. The fraction of sp³-hybridized carbons (Fsp3) is 0.0833. The van der Waals surface area contributed by atoms with E-state index in [1.54, 1.807) is 29.3 Å². The first-order valence-corrected chi connectivity index (χ1v) is 12.0. The van der Waals surface area contributed by atoms with Crippen LogP contribution in [0.2, 0.25) is 0 Å². The molecule has 0 fully saturated rings. The average molecular weight is 457 g/mol. The van der Waals surface area contributed by atoms with Crippen LogP contribution < -0.4 is 5.32 Å². The molecule has 2 aromatic carbocycles. The molecular formula is C24H20N6S2. The van der Waals surface area contributed by atoms with E-state index in [1.165, 1.54) is 0 Å². The lowest BCUT2D eigenvalue weighted by molar-refractivity contribution is 0.813. The summed E-state index contributed by atoms with van der Waals surface area (Å²) in [5.74, 6) is 1.31. The third-order valence-electron chi connectivity index (χ3n) is 4.84. The minimum atomic E-state index is 0.552. The number of hydrogen-bond acceptors (Lipinski definition) is 7. The minimum absolute atomic E-state index is 0.552. The topological polar surface area (TPSA) is 68.5 Å². The van der Waals surface area contributed by atoms with E-state index in [9.17, 15) is 0 Å². The Kier molecular flexibility index (Phi) is 5.96. The van der Waals surface area contributed by atoms with Crippen LogP contribution in [0.15, 0.2) is 89.5 Å². The average Bonchev–Trinajstić information content (AvgIpc) is 3.47. The lowest BCUT2D eigenvalue weighted by atomic mass is 10.2. The predicted molar refractivity (Wildman–Crippen MR) is 131 cm³/mol. The van der Waals surface area contributed by atoms with Gasteiger partial charge in [-0.25, -0.2) is 19.6 Å². The maximum atomic E-state index is 4.95. The number of aromatic nitrogens is 5. The van der Waals surface area contributed by atoms with Gasteiger partial charge in [-0.15, -0.1) is 11.3 Å². The zero-order valence-electron chi connectivity index (χ0n) is 17.3. The quantitative estimate of drug-likeness (QED) is 0.297. The summed E-state index contributed by atoms with van der Waals surface area (Å²) >= 11 is 3.33. The van der Waals surface area contributed by atoms with Crippen LogP contribution in [0.5, 0.6) is 0 Å². The Labute approximate surface area is 194 Å². The van der Waals surface area contributed by atoms with E-state index in [0.29, 0.717) is 5.95 Å². The number of thiazole rings is 1. The van der Waals surface area contributed by atoms with Crippen molar-refractivity contribution in [3.05, 3.63) is 95.2 Å². The molecule has 3 aromatic heterocycles. The van der Waals surface area contributed by atoms with Crippen LogP contribution >= 0.6 is 23.1 Å². The number of thioether (sulfide) groups is 1. The highest BCUT2D eigenvalue weighted by atomic mass is 32.2. The molecule has 1 N–H and O–H groups in total. The Balaban J connectivity index is 1.54. The molecule has 158 valence electrons. The van der Waals surface area contributed by atoms with Crippen molar-refractivity contribution in [2.45, 2.75) is 17.7 Å². The summed E-state index contributed by atoms with van der Waals surface area (Å²) in [5.41, 5.74) is 4.83. The van der Waals surface area contributed by atoms with Crippen molar-refractivity contribution >= 4 is 34.7 Å². The van der Waals surface area contributed by atoms with E-state index in [-0.39, 0.29) is 0 Å². The van der Waals surface area contributed by atoms with Crippen LogP contribution in [0.3, 0.4) is 0 Å². The molecule has 0 spiro atoms. The third-order valence-corrected chi connectivity index (χ3v) is 6.78. The SMILES string of the molecule is Cc1c(-c2ccnc(Nc3ccccc3)n2)c(SCc2nccs2)nn1-c1ccccc1. The smallest absolute Gasteiger partial charge is 0.227 e. The van der Waals surface area contributed by atoms with E-state index in [2.05, 4.69) is 34.3 Å². The van der Waals surface area contributed by atoms with Gasteiger partial charge in [-0.1, -0.05) is 48.2 Å². The van der Waals surface area contributed by atoms with E-state index in [0.717, 1.165) is 44.1 Å². The van der Waals surface area contributed by atoms with Gasteiger partial charge in [0, 0.05) is 23.5 Å². The van der Waals surface area contributed by atoms with Crippen molar-refractivity contribution in [1.29, 1.82) is 0 Å². The number of rotatable bonds is 7. The molecule has 5 aromatic rings. The van der Waals surface area contributed by atoms with Gasteiger partial charge in [-0.3, -0.25) is 0 Å². The van der Waals surface area contributed by atoms with Crippen LogP contribution in [0, 0.1) is 6.92 Å². The first-order valence-electron chi connectivity index (χ1n) is 10.1. The second-order valence-corrected chi connectivity index (χ2v) is 8.93. The summed E-state index contributed by atoms with van der Waals surface area (Å²) in [5, 5.41) is 12.2. The van der Waals surface area contributed by atoms with Crippen LogP contribution in [-0.4, -0.2) is 24.7 Å². The lowest BCUT2D eigenvalue weighted by Crippen LogP contribution is -2.00. The summed E-state index contributed by atoms with van der Waals surface area (Å²) in [6.45, 7) is 2.08. The molecule has 3 heterocycles. The molecule has 0 aliphatic carbocycles. The largest absolute Gasteiger partial charge is 0.324 e. The van der Waals surface area contributed by atoms with Gasteiger partial charge in [0.15, 0.2) is 0 Å². The first kappa shape index (κ1) is 20.4. The van der Waals surface area contributed by atoms with E-state index in [4.69, 9.17) is 10.1 Å². The summed E-state index contributed by atoms with van der Waals surface area (Å²) in [4.78, 5) is 13.6. The first-order chi connectivity index (χ1) is 15.8. The van der Waals surface area contributed by atoms with Gasteiger partial charge >= 0.3 is 0 Å². The standard InChI is InChI=1S/C24H20N6S2/c1-17-22(20-12-13-26-24(28-20)27-18-8-4-2-5-9-18)23(32-16-21-25-14-15-31-21)29-30(17)19-10-6-3-7-11-19/h2-15H,16H2,1H3,(H,26,27,28). The third kappa shape index (κ3) is 4.42. The number of benzene rings is 2. The zero-order valence-corrected chi connectivity index (χ0v) is 19.0. The Morgan fingerprint density at radius 2 is 1.72 bits per heavy atom. The molecular weight excluding hydrogens is 436 g/mol.